The SMILES string of the molecule is c1ccc(-c2nc(-c3cccc(-c4c5ccccc5c(-c5cccc6ccccc56)c5ccccc45)c3)nc(-c3ccc4ccccc4c3)n2)cc1. The lowest BCUT2D eigenvalue weighted by Gasteiger charge is -2.19. The van der Waals surface area contributed by atoms with Crippen LogP contribution in [0.5, 0.6) is 0 Å². The first-order valence-electron chi connectivity index (χ1n) is 17.6. The van der Waals surface area contributed by atoms with Gasteiger partial charge in [-0.15, -0.1) is 0 Å². The van der Waals surface area contributed by atoms with Crippen LogP contribution in [0, 0.1) is 0 Å². The average molecular weight is 662 g/mol. The fourth-order valence-corrected chi connectivity index (χ4v) is 7.67. The van der Waals surface area contributed by atoms with Crippen LogP contribution >= 0.6 is 0 Å². The zero-order chi connectivity index (χ0) is 34.4. The number of hydrogen-bond acceptors (Lipinski definition) is 3. The monoisotopic (exact) mass is 661 g/mol. The largest absolute Gasteiger partial charge is 0.208 e. The molecule has 0 atom stereocenters. The molecule has 10 aromatic rings. The highest BCUT2D eigenvalue weighted by atomic mass is 15.0. The summed E-state index contributed by atoms with van der Waals surface area (Å²) in [6.45, 7) is 0. The summed E-state index contributed by atoms with van der Waals surface area (Å²) in [7, 11) is 0. The van der Waals surface area contributed by atoms with E-state index < -0.39 is 0 Å². The van der Waals surface area contributed by atoms with Crippen molar-refractivity contribution < 1.29 is 0 Å². The minimum Gasteiger partial charge on any atom is -0.208 e. The Hall–Kier alpha value is -6.97. The molecular formula is C49H31N3. The number of benzene rings is 9. The molecule has 3 heteroatoms. The summed E-state index contributed by atoms with van der Waals surface area (Å²) >= 11 is 0. The molecular weight excluding hydrogens is 631 g/mol. The van der Waals surface area contributed by atoms with E-state index in [1.807, 2.05) is 18.2 Å². The van der Waals surface area contributed by atoms with E-state index in [-0.39, 0.29) is 0 Å². The van der Waals surface area contributed by atoms with Gasteiger partial charge < -0.3 is 0 Å². The molecule has 0 bridgehead atoms. The molecule has 0 radical (unpaired) electrons. The van der Waals surface area contributed by atoms with E-state index in [4.69, 9.17) is 15.0 Å². The maximum Gasteiger partial charge on any atom is 0.164 e. The summed E-state index contributed by atoms with van der Waals surface area (Å²) in [5.41, 5.74) is 7.65. The Labute approximate surface area is 301 Å². The Bertz CT molecular complexity index is 2900. The standard InChI is InChI=1S/C49H31N3/c1-2-16-34(17-3-1)47-50-48(52-49(51-47)38-29-28-32-14-4-5-18-35(32)30-38)37-21-12-20-36(31-37)45-41-23-8-10-25-43(41)46(44-26-11-9-24-42(44)45)40-27-13-19-33-15-6-7-22-39(33)40/h1-31H. The van der Waals surface area contributed by atoms with Gasteiger partial charge in [-0.1, -0.05) is 176 Å². The van der Waals surface area contributed by atoms with Crippen molar-refractivity contribution in [1.29, 1.82) is 0 Å². The van der Waals surface area contributed by atoms with Gasteiger partial charge in [-0.2, -0.15) is 0 Å². The molecule has 0 spiro atoms. The molecule has 0 saturated heterocycles. The molecule has 0 aliphatic carbocycles. The van der Waals surface area contributed by atoms with Gasteiger partial charge >= 0.3 is 0 Å². The molecule has 0 saturated carbocycles. The molecule has 0 aliphatic heterocycles. The lowest BCUT2D eigenvalue weighted by atomic mass is 9.84. The van der Waals surface area contributed by atoms with Gasteiger partial charge in [0.1, 0.15) is 0 Å². The van der Waals surface area contributed by atoms with Gasteiger partial charge in [-0.3, -0.25) is 0 Å². The van der Waals surface area contributed by atoms with E-state index >= 15 is 0 Å². The molecule has 0 unspecified atom stereocenters. The number of fused-ring (bicyclic) bond motifs is 4. The summed E-state index contributed by atoms with van der Waals surface area (Å²) in [6.07, 6.45) is 0. The van der Waals surface area contributed by atoms with Gasteiger partial charge in [0.15, 0.2) is 17.5 Å². The molecule has 0 fully saturated rings. The lowest BCUT2D eigenvalue weighted by Crippen LogP contribution is -2.00. The minimum atomic E-state index is 0.639. The highest BCUT2D eigenvalue weighted by Gasteiger charge is 2.19. The number of hydrogen-bond donors (Lipinski definition) is 0. The van der Waals surface area contributed by atoms with Crippen LogP contribution in [-0.4, -0.2) is 15.0 Å². The quantitative estimate of drug-likeness (QED) is 0.172. The zero-order valence-corrected chi connectivity index (χ0v) is 28.2. The predicted octanol–water partition coefficient (Wildman–Crippen LogP) is 12.8. The van der Waals surface area contributed by atoms with E-state index in [0.29, 0.717) is 17.5 Å². The Kier molecular flexibility index (Phi) is 7.14. The first-order chi connectivity index (χ1) is 25.8. The van der Waals surface area contributed by atoms with E-state index in [1.54, 1.807) is 0 Å². The molecule has 1 aromatic heterocycles. The average Bonchev–Trinajstić information content (AvgIpc) is 3.22. The van der Waals surface area contributed by atoms with Crippen molar-refractivity contribution in [2.75, 3.05) is 0 Å². The predicted molar refractivity (Wildman–Crippen MR) is 217 cm³/mol. The maximum absolute atomic E-state index is 5.13. The molecule has 52 heavy (non-hydrogen) atoms. The summed E-state index contributed by atoms with van der Waals surface area (Å²) < 4.78 is 0. The normalized spacial score (nSPS) is 11.5. The summed E-state index contributed by atoms with van der Waals surface area (Å²) in [6, 6.07) is 66.5. The van der Waals surface area contributed by atoms with Crippen LogP contribution in [0.25, 0.3) is 99.5 Å². The first kappa shape index (κ1) is 29.9. The van der Waals surface area contributed by atoms with Crippen molar-refractivity contribution in [3.05, 3.63) is 188 Å². The topological polar surface area (TPSA) is 38.7 Å². The molecule has 0 aliphatic rings. The van der Waals surface area contributed by atoms with Crippen LogP contribution in [0.4, 0.5) is 0 Å². The smallest absolute Gasteiger partial charge is 0.164 e. The Morgan fingerprint density at radius 2 is 0.712 bits per heavy atom. The van der Waals surface area contributed by atoms with Crippen molar-refractivity contribution >= 4 is 43.1 Å². The van der Waals surface area contributed by atoms with Gasteiger partial charge in [0.05, 0.1) is 0 Å². The van der Waals surface area contributed by atoms with Gasteiger partial charge in [-0.05, 0) is 77.5 Å². The van der Waals surface area contributed by atoms with Crippen molar-refractivity contribution in [2.24, 2.45) is 0 Å². The van der Waals surface area contributed by atoms with Crippen molar-refractivity contribution in [3.8, 4) is 56.4 Å². The Balaban J connectivity index is 1.19. The van der Waals surface area contributed by atoms with Gasteiger partial charge in [0.25, 0.3) is 0 Å². The zero-order valence-electron chi connectivity index (χ0n) is 28.2. The van der Waals surface area contributed by atoms with Gasteiger partial charge in [0, 0.05) is 16.7 Å². The number of aromatic nitrogens is 3. The number of rotatable bonds is 5. The second-order valence-corrected chi connectivity index (χ2v) is 13.2. The fraction of sp³-hybridized carbons (Fsp3) is 0. The molecule has 0 amide bonds. The van der Waals surface area contributed by atoms with E-state index in [1.165, 1.54) is 54.4 Å². The van der Waals surface area contributed by atoms with Crippen LogP contribution < -0.4 is 0 Å². The molecule has 10 rings (SSSR count). The Morgan fingerprint density at radius 1 is 0.250 bits per heavy atom. The fourth-order valence-electron chi connectivity index (χ4n) is 7.67. The summed E-state index contributed by atoms with van der Waals surface area (Å²) in [5, 5.41) is 9.68. The van der Waals surface area contributed by atoms with Gasteiger partial charge in [0.2, 0.25) is 0 Å². The third-order valence-corrected chi connectivity index (χ3v) is 10.1. The molecule has 3 nitrogen and oxygen atoms in total. The van der Waals surface area contributed by atoms with E-state index in [2.05, 4.69) is 170 Å². The Morgan fingerprint density at radius 3 is 1.40 bits per heavy atom. The second kappa shape index (κ2) is 12.4. The molecule has 9 aromatic carbocycles. The van der Waals surface area contributed by atoms with Crippen LogP contribution in [0.1, 0.15) is 0 Å². The molecule has 0 N–H and O–H groups in total. The third-order valence-electron chi connectivity index (χ3n) is 10.1. The van der Waals surface area contributed by atoms with Crippen LogP contribution in [0.3, 0.4) is 0 Å². The van der Waals surface area contributed by atoms with E-state index in [9.17, 15) is 0 Å². The highest BCUT2D eigenvalue weighted by molar-refractivity contribution is 6.23. The highest BCUT2D eigenvalue weighted by Crippen LogP contribution is 2.45. The third kappa shape index (κ3) is 5.10. The van der Waals surface area contributed by atoms with Gasteiger partial charge in [-0.25, -0.2) is 15.0 Å². The van der Waals surface area contributed by atoms with Crippen molar-refractivity contribution in [2.45, 2.75) is 0 Å². The van der Waals surface area contributed by atoms with Crippen LogP contribution in [-0.2, 0) is 0 Å². The first-order valence-corrected chi connectivity index (χ1v) is 17.6. The van der Waals surface area contributed by atoms with Crippen LogP contribution in [0.15, 0.2) is 188 Å². The summed E-state index contributed by atoms with van der Waals surface area (Å²) in [4.78, 5) is 15.2. The summed E-state index contributed by atoms with van der Waals surface area (Å²) in [5.74, 6) is 1.93. The second-order valence-electron chi connectivity index (χ2n) is 13.2. The van der Waals surface area contributed by atoms with Crippen molar-refractivity contribution in [3.63, 3.8) is 0 Å². The maximum atomic E-state index is 5.13. The molecule has 1 heterocycles. The molecule has 242 valence electrons. The van der Waals surface area contributed by atoms with Crippen LogP contribution in [0.2, 0.25) is 0 Å². The minimum absolute atomic E-state index is 0.639. The number of nitrogens with zero attached hydrogens (tertiary/aromatic N) is 3. The lowest BCUT2D eigenvalue weighted by molar-refractivity contribution is 1.07. The van der Waals surface area contributed by atoms with Crippen molar-refractivity contribution in [1.82, 2.24) is 15.0 Å². The van der Waals surface area contributed by atoms with E-state index in [0.717, 1.165) is 27.6 Å².